The van der Waals surface area contributed by atoms with Crippen molar-refractivity contribution in [1.29, 1.82) is 0 Å². The number of nitrogens with zero attached hydrogens (tertiary/aromatic N) is 2. The van der Waals surface area contributed by atoms with Gasteiger partial charge in [0.2, 0.25) is 11.5 Å². The minimum atomic E-state index is -0.748. The van der Waals surface area contributed by atoms with E-state index in [9.17, 15) is 9.59 Å². The molecule has 0 saturated carbocycles. The van der Waals surface area contributed by atoms with Crippen LogP contribution in [0.1, 0.15) is 16.3 Å². The maximum Gasteiger partial charge on any atom is 0.374 e. The molecule has 2 aromatic heterocycles. The molecule has 1 N–H and O–H groups in total. The third-order valence-electron chi connectivity index (χ3n) is 4.02. The average Bonchev–Trinajstić information content (AvgIpc) is 3.43. The topological polar surface area (TPSA) is 114 Å². The second kappa shape index (κ2) is 9.50. The van der Waals surface area contributed by atoms with Gasteiger partial charge in [-0.3, -0.25) is 9.48 Å². The molecule has 1 amide bonds. The Bertz CT molecular complexity index is 986. The van der Waals surface area contributed by atoms with Crippen LogP contribution in [-0.4, -0.2) is 49.6 Å². The minimum Gasteiger partial charge on any atom is -0.493 e. The van der Waals surface area contributed by atoms with Crippen molar-refractivity contribution in [2.45, 2.75) is 6.54 Å². The predicted octanol–water partition coefficient (Wildman–Crippen LogP) is 2.35. The standard InChI is InChI=1S/C20H21N3O7/c1-26-16-9-13(10-17(27-2)19(16)28-3)22-18(24)12-29-20(25)15-6-5-14(30-15)11-23-8-4-7-21-23/h4-10H,11-12H2,1-3H3,(H,22,24). The Labute approximate surface area is 172 Å². The molecular formula is C20H21N3O7. The van der Waals surface area contributed by atoms with Crippen LogP contribution < -0.4 is 19.5 Å². The summed E-state index contributed by atoms with van der Waals surface area (Å²) in [5, 5.41) is 6.67. The van der Waals surface area contributed by atoms with Crippen molar-refractivity contribution in [3.8, 4) is 17.2 Å². The second-order valence-electron chi connectivity index (χ2n) is 6.01. The van der Waals surface area contributed by atoms with Crippen LogP contribution in [0.5, 0.6) is 17.2 Å². The summed E-state index contributed by atoms with van der Waals surface area (Å²) in [6.45, 7) is -0.118. The number of carbonyl (C=O) groups excluding carboxylic acids is 2. The zero-order chi connectivity index (χ0) is 21.5. The zero-order valence-electron chi connectivity index (χ0n) is 16.7. The number of hydrogen-bond donors (Lipinski definition) is 1. The molecule has 158 valence electrons. The van der Waals surface area contributed by atoms with E-state index in [1.165, 1.54) is 27.4 Å². The molecular weight excluding hydrogens is 394 g/mol. The molecule has 10 nitrogen and oxygen atoms in total. The van der Waals surface area contributed by atoms with Crippen molar-refractivity contribution in [2.24, 2.45) is 0 Å². The van der Waals surface area contributed by atoms with Gasteiger partial charge in [-0.1, -0.05) is 0 Å². The van der Waals surface area contributed by atoms with Crippen molar-refractivity contribution in [3.63, 3.8) is 0 Å². The Morgan fingerprint density at radius 1 is 1.10 bits per heavy atom. The van der Waals surface area contributed by atoms with Gasteiger partial charge < -0.3 is 28.7 Å². The summed E-state index contributed by atoms with van der Waals surface area (Å²) in [5.74, 6) is 0.398. The molecule has 30 heavy (non-hydrogen) atoms. The third kappa shape index (κ3) is 4.90. The fourth-order valence-corrected chi connectivity index (χ4v) is 2.68. The van der Waals surface area contributed by atoms with Crippen molar-refractivity contribution in [2.75, 3.05) is 33.3 Å². The van der Waals surface area contributed by atoms with E-state index in [0.717, 1.165) is 0 Å². The second-order valence-corrected chi connectivity index (χ2v) is 6.01. The smallest absolute Gasteiger partial charge is 0.374 e. The number of hydrogen-bond acceptors (Lipinski definition) is 8. The number of esters is 1. The molecule has 0 aliphatic heterocycles. The van der Waals surface area contributed by atoms with Crippen LogP contribution in [0.2, 0.25) is 0 Å². The number of benzene rings is 1. The number of ether oxygens (including phenoxy) is 4. The highest BCUT2D eigenvalue weighted by molar-refractivity contribution is 5.95. The van der Waals surface area contributed by atoms with Gasteiger partial charge in [0.15, 0.2) is 18.1 Å². The number of furan rings is 1. The molecule has 0 atom stereocenters. The van der Waals surface area contributed by atoms with Crippen LogP contribution in [0.3, 0.4) is 0 Å². The van der Waals surface area contributed by atoms with E-state index in [1.54, 1.807) is 41.3 Å². The van der Waals surface area contributed by atoms with E-state index >= 15 is 0 Å². The van der Waals surface area contributed by atoms with E-state index in [2.05, 4.69) is 10.4 Å². The maximum atomic E-state index is 12.2. The number of carbonyl (C=O) groups is 2. The lowest BCUT2D eigenvalue weighted by molar-refractivity contribution is -0.119. The van der Waals surface area contributed by atoms with E-state index in [0.29, 0.717) is 35.2 Å². The first kappa shape index (κ1) is 20.8. The molecule has 0 radical (unpaired) electrons. The molecule has 3 rings (SSSR count). The monoisotopic (exact) mass is 415 g/mol. The highest BCUT2D eigenvalue weighted by atomic mass is 16.5. The molecule has 10 heteroatoms. The number of anilines is 1. The lowest BCUT2D eigenvalue weighted by Crippen LogP contribution is -2.20. The molecule has 0 aliphatic rings. The SMILES string of the molecule is COc1cc(NC(=O)COC(=O)c2ccc(Cn3cccn3)o2)cc(OC)c1OC. The average molecular weight is 415 g/mol. The van der Waals surface area contributed by atoms with Crippen LogP contribution in [0.4, 0.5) is 5.69 Å². The quantitative estimate of drug-likeness (QED) is 0.530. The third-order valence-corrected chi connectivity index (χ3v) is 4.02. The van der Waals surface area contributed by atoms with Gasteiger partial charge in [0.1, 0.15) is 5.76 Å². The first-order chi connectivity index (χ1) is 14.5. The highest BCUT2D eigenvalue weighted by Gasteiger charge is 2.17. The van der Waals surface area contributed by atoms with Gasteiger partial charge in [-0.15, -0.1) is 0 Å². The van der Waals surface area contributed by atoms with Crippen molar-refractivity contribution < 1.29 is 33.0 Å². The first-order valence-electron chi connectivity index (χ1n) is 8.87. The van der Waals surface area contributed by atoms with Gasteiger partial charge >= 0.3 is 5.97 Å². The lowest BCUT2D eigenvalue weighted by Gasteiger charge is -2.14. The normalized spacial score (nSPS) is 10.4. The Kier molecular flexibility index (Phi) is 6.58. The molecule has 0 fully saturated rings. The van der Waals surface area contributed by atoms with Gasteiger partial charge in [0.25, 0.3) is 5.91 Å². The summed E-state index contributed by atoms with van der Waals surface area (Å²) in [6, 6.07) is 8.04. The summed E-state index contributed by atoms with van der Waals surface area (Å²) in [5.41, 5.74) is 0.394. The summed E-state index contributed by atoms with van der Waals surface area (Å²) in [6.07, 6.45) is 3.42. The molecule has 3 aromatic rings. The summed E-state index contributed by atoms with van der Waals surface area (Å²) in [4.78, 5) is 24.3. The van der Waals surface area contributed by atoms with Crippen LogP contribution in [-0.2, 0) is 16.1 Å². The summed E-state index contributed by atoms with van der Waals surface area (Å²) >= 11 is 0. The molecule has 1 aromatic carbocycles. The van der Waals surface area contributed by atoms with E-state index in [4.69, 9.17) is 23.4 Å². The molecule has 0 saturated heterocycles. The highest BCUT2D eigenvalue weighted by Crippen LogP contribution is 2.39. The van der Waals surface area contributed by atoms with E-state index in [1.807, 2.05) is 0 Å². The van der Waals surface area contributed by atoms with Gasteiger partial charge in [-0.25, -0.2) is 4.79 Å². The van der Waals surface area contributed by atoms with E-state index < -0.39 is 18.5 Å². The zero-order valence-corrected chi connectivity index (χ0v) is 16.7. The molecule has 0 spiro atoms. The first-order valence-corrected chi connectivity index (χ1v) is 8.87. The van der Waals surface area contributed by atoms with Crippen molar-refractivity contribution in [3.05, 3.63) is 54.2 Å². The largest absolute Gasteiger partial charge is 0.493 e. The molecule has 0 bridgehead atoms. The van der Waals surface area contributed by atoms with Crippen molar-refractivity contribution in [1.82, 2.24) is 9.78 Å². The fourth-order valence-electron chi connectivity index (χ4n) is 2.68. The molecule has 0 unspecified atom stereocenters. The Balaban J connectivity index is 1.57. The predicted molar refractivity (Wildman–Crippen MR) is 105 cm³/mol. The maximum absolute atomic E-state index is 12.2. The van der Waals surface area contributed by atoms with Gasteiger partial charge in [0.05, 0.1) is 27.9 Å². The number of amides is 1. The Morgan fingerprint density at radius 2 is 1.83 bits per heavy atom. The number of methoxy groups -OCH3 is 3. The number of rotatable bonds is 9. The minimum absolute atomic E-state index is 0.00209. The Morgan fingerprint density at radius 3 is 2.43 bits per heavy atom. The van der Waals surface area contributed by atoms with Crippen LogP contribution in [0.25, 0.3) is 0 Å². The van der Waals surface area contributed by atoms with Gasteiger partial charge in [-0.05, 0) is 18.2 Å². The number of nitrogens with one attached hydrogen (secondary N) is 1. The van der Waals surface area contributed by atoms with E-state index in [-0.39, 0.29) is 5.76 Å². The molecule has 0 aliphatic carbocycles. The summed E-state index contributed by atoms with van der Waals surface area (Å²) < 4.78 is 27.8. The lowest BCUT2D eigenvalue weighted by atomic mass is 10.2. The summed E-state index contributed by atoms with van der Waals surface area (Å²) in [7, 11) is 4.41. The molecule has 2 heterocycles. The van der Waals surface area contributed by atoms with Crippen LogP contribution in [0, 0.1) is 0 Å². The number of aromatic nitrogens is 2. The van der Waals surface area contributed by atoms with Crippen LogP contribution in [0.15, 0.2) is 47.1 Å². The van der Waals surface area contributed by atoms with Crippen LogP contribution >= 0.6 is 0 Å². The van der Waals surface area contributed by atoms with Crippen molar-refractivity contribution >= 4 is 17.6 Å². The fraction of sp³-hybridized carbons (Fsp3) is 0.250. The van der Waals surface area contributed by atoms with Gasteiger partial charge in [-0.2, -0.15) is 5.10 Å². The Hall–Kier alpha value is -3.95. The van der Waals surface area contributed by atoms with Gasteiger partial charge in [0, 0.05) is 30.2 Å².